The van der Waals surface area contributed by atoms with Gasteiger partial charge in [-0.05, 0) is 18.8 Å². The van der Waals surface area contributed by atoms with Gasteiger partial charge in [-0.1, -0.05) is 155 Å². The number of nitrogens with two attached hydrogens (primary N) is 1. The molecule has 0 spiro atoms. The number of hydrogen-bond donors (Lipinski definition) is 1. The van der Waals surface area contributed by atoms with Crippen LogP contribution in [0.25, 0.3) is 0 Å². The monoisotopic (exact) mass is 561 g/mol. The first-order valence-electron chi connectivity index (χ1n) is 16.2. The molecule has 0 rings (SSSR count). The van der Waals surface area contributed by atoms with Gasteiger partial charge in [0.15, 0.2) is 6.61 Å². The topological polar surface area (TPSA) is 95.7 Å². The van der Waals surface area contributed by atoms with Crippen molar-refractivity contribution in [3.8, 4) is 0 Å². The van der Waals surface area contributed by atoms with Gasteiger partial charge in [0.25, 0.3) is 10.1 Å². The number of esters is 1. The van der Waals surface area contributed by atoms with E-state index in [0.29, 0.717) is 12.5 Å². The van der Waals surface area contributed by atoms with Crippen LogP contribution < -0.4 is 5.73 Å². The van der Waals surface area contributed by atoms with Crippen molar-refractivity contribution in [3.05, 3.63) is 0 Å². The van der Waals surface area contributed by atoms with Gasteiger partial charge in [-0.2, -0.15) is 8.42 Å². The van der Waals surface area contributed by atoms with Gasteiger partial charge in [0.2, 0.25) is 0 Å². The maximum atomic E-state index is 12.0. The van der Waals surface area contributed by atoms with Crippen molar-refractivity contribution in [1.82, 2.24) is 0 Å². The molecule has 0 aliphatic rings. The maximum Gasteiger partial charge on any atom is 0.333 e. The molecule has 0 aromatic heterocycles. The van der Waals surface area contributed by atoms with Gasteiger partial charge in [-0.25, -0.2) is 4.79 Å². The Balaban J connectivity index is 4.09. The van der Waals surface area contributed by atoms with E-state index in [1.54, 1.807) is 0 Å². The SMILES string of the molecule is CCCCCCCCCCCCCCC(CCCCCCCCCCCC)COC(=O)COS(=O)(=O)CN. The van der Waals surface area contributed by atoms with Crippen molar-refractivity contribution >= 4 is 16.1 Å². The van der Waals surface area contributed by atoms with Crippen molar-refractivity contribution in [3.63, 3.8) is 0 Å². The van der Waals surface area contributed by atoms with Crippen LogP contribution in [0.1, 0.15) is 168 Å². The lowest BCUT2D eigenvalue weighted by molar-refractivity contribution is -0.147. The molecule has 0 bridgehead atoms. The standard InChI is InChI=1S/C31H63NO5S/c1-3-5-7-9-11-13-15-16-18-20-22-24-26-30(27-36-31(33)28-37-38(34,35)29-32)25-23-21-19-17-14-12-10-8-6-4-2/h30H,3-29,32H2,1-2H3. The van der Waals surface area contributed by atoms with Crippen LogP contribution in [0.2, 0.25) is 0 Å². The highest BCUT2D eigenvalue weighted by Crippen LogP contribution is 2.20. The molecule has 38 heavy (non-hydrogen) atoms. The van der Waals surface area contributed by atoms with Gasteiger partial charge in [0, 0.05) is 0 Å². The Morgan fingerprint density at radius 1 is 0.605 bits per heavy atom. The molecule has 1 atom stereocenters. The second kappa shape index (κ2) is 27.9. The Morgan fingerprint density at radius 2 is 0.947 bits per heavy atom. The van der Waals surface area contributed by atoms with Gasteiger partial charge < -0.3 is 10.5 Å². The summed E-state index contributed by atoms with van der Waals surface area (Å²) in [5.41, 5.74) is 5.11. The van der Waals surface area contributed by atoms with Crippen LogP contribution in [0.3, 0.4) is 0 Å². The van der Waals surface area contributed by atoms with Gasteiger partial charge in [0.1, 0.15) is 5.88 Å². The molecule has 7 heteroatoms. The third-order valence-electron chi connectivity index (χ3n) is 7.47. The minimum absolute atomic E-state index is 0.335. The van der Waals surface area contributed by atoms with E-state index in [-0.39, 0.29) is 0 Å². The summed E-state index contributed by atoms with van der Waals surface area (Å²) < 4.78 is 32.6. The van der Waals surface area contributed by atoms with Crippen molar-refractivity contribution in [2.24, 2.45) is 11.7 Å². The van der Waals surface area contributed by atoms with Crippen molar-refractivity contribution in [2.45, 2.75) is 168 Å². The fraction of sp³-hybridized carbons (Fsp3) is 0.968. The van der Waals surface area contributed by atoms with Crippen LogP contribution in [0.4, 0.5) is 0 Å². The van der Waals surface area contributed by atoms with Crippen molar-refractivity contribution < 1.29 is 22.1 Å². The fourth-order valence-electron chi connectivity index (χ4n) is 4.94. The average Bonchev–Trinajstić information content (AvgIpc) is 2.91. The largest absolute Gasteiger partial charge is 0.464 e. The summed E-state index contributed by atoms with van der Waals surface area (Å²) in [5, 5.41) is 0. The highest BCUT2D eigenvalue weighted by molar-refractivity contribution is 7.86. The molecule has 0 saturated heterocycles. The Bertz CT molecular complexity index is 611. The van der Waals surface area contributed by atoms with Gasteiger partial charge in [-0.3, -0.25) is 4.18 Å². The van der Waals surface area contributed by atoms with Crippen LogP contribution >= 0.6 is 0 Å². The number of hydrogen-bond acceptors (Lipinski definition) is 6. The molecule has 0 aliphatic heterocycles. The summed E-state index contributed by atoms with van der Waals surface area (Å²) in [7, 11) is -3.84. The fourth-order valence-corrected chi connectivity index (χ4v) is 5.32. The summed E-state index contributed by atoms with van der Waals surface area (Å²) in [6.07, 6.45) is 31.2. The predicted molar refractivity (Wildman–Crippen MR) is 161 cm³/mol. The molecule has 228 valence electrons. The molecular formula is C31H63NO5S. The first kappa shape index (κ1) is 37.3. The van der Waals surface area contributed by atoms with E-state index in [1.165, 1.54) is 128 Å². The Labute approximate surface area is 236 Å². The summed E-state index contributed by atoms with van der Waals surface area (Å²) >= 11 is 0. The van der Waals surface area contributed by atoms with Crippen LogP contribution in [0.5, 0.6) is 0 Å². The summed E-state index contributed by atoms with van der Waals surface area (Å²) in [4.78, 5) is 12.0. The summed E-state index contributed by atoms with van der Waals surface area (Å²) in [6.45, 7) is 4.27. The molecule has 0 fully saturated rings. The minimum atomic E-state index is -3.84. The second-order valence-corrected chi connectivity index (χ2v) is 12.9. The minimum Gasteiger partial charge on any atom is -0.464 e. The third-order valence-corrected chi connectivity index (χ3v) is 8.36. The highest BCUT2D eigenvalue weighted by Gasteiger charge is 2.15. The number of rotatable bonds is 30. The predicted octanol–water partition coefficient (Wildman–Crippen LogP) is 8.81. The Hall–Kier alpha value is -0.660. The quantitative estimate of drug-likeness (QED) is 0.0535. The summed E-state index contributed by atoms with van der Waals surface area (Å²) in [5.74, 6) is -0.937. The lowest BCUT2D eigenvalue weighted by Gasteiger charge is -2.17. The first-order valence-corrected chi connectivity index (χ1v) is 17.8. The normalized spacial score (nSPS) is 12.6. The third kappa shape index (κ3) is 26.9. The van der Waals surface area contributed by atoms with Gasteiger partial charge in [0.05, 0.1) is 6.61 Å². The lowest BCUT2D eigenvalue weighted by Crippen LogP contribution is -2.23. The van der Waals surface area contributed by atoms with Crippen LogP contribution in [-0.4, -0.2) is 33.5 Å². The van der Waals surface area contributed by atoms with E-state index in [2.05, 4.69) is 18.0 Å². The highest BCUT2D eigenvalue weighted by atomic mass is 32.2. The lowest BCUT2D eigenvalue weighted by atomic mass is 9.94. The smallest absolute Gasteiger partial charge is 0.333 e. The molecular weight excluding hydrogens is 498 g/mol. The molecule has 6 nitrogen and oxygen atoms in total. The van der Waals surface area contributed by atoms with E-state index in [1.807, 2.05) is 0 Å². The second-order valence-electron chi connectivity index (χ2n) is 11.2. The Kier molecular flexibility index (Phi) is 27.4. The van der Waals surface area contributed by atoms with Crippen molar-refractivity contribution in [1.29, 1.82) is 0 Å². The molecule has 0 radical (unpaired) electrons. The molecule has 0 saturated carbocycles. The summed E-state index contributed by atoms with van der Waals surface area (Å²) in [6, 6.07) is 0. The number of ether oxygens (including phenoxy) is 1. The van der Waals surface area contributed by atoms with E-state index in [0.717, 1.165) is 25.7 Å². The molecule has 0 aliphatic carbocycles. The van der Waals surface area contributed by atoms with Gasteiger partial charge >= 0.3 is 5.97 Å². The molecule has 0 heterocycles. The van der Waals surface area contributed by atoms with E-state index in [9.17, 15) is 13.2 Å². The Morgan fingerprint density at radius 3 is 1.29 bits per heavy atom. The molecule has 0 amide bonds. The molecule has 0 aromatic carbocycles. The van der Waals surface area contributed by atoms with Crippen LogP contribution in [-0.2, 0) is 23.8 Å². The molecule has 1 unspecified atom stereocenters. The maximum absolute atomic E-state index is 12.0. The van der Waals surface area contributed by atoms with Gasteiger partial charge in [-0.15, -0.1) is 0 Å². The van der Waals surface area contributed by atoms with E-state index < -0.39 is 28.6 Å². The average molecular weight is 562 g/mol. The van der Waals surface area contributed by atoms with E-state index in [4.69, 9.17) is 10.5 Å². The van der Waals surface area contributed by atoms with Crippen molar-refractivity contribution in [2.75, 3.05) is 19.1 Å². The zero-order valence-electron chi connectivity index (χ0n) is 25.2. The van der Waals surface area contributed by atoms with Crippen LogP contribution in [0.15, 0.2) is 0 Å². The number of carbonyl (C=O) groups excluding carboxylic acids is 1. The molecule has 0 aromatic rings. The number of unbranched alkanes of at least 4 members (excludes halogenated alkanes) is 20. The zero-order valence-corrected chi connectivity index (χ0v) is 26.0. The van der Waals surface area contributed by atoms with E-state index >= 15 is 0 Å². The first-order chi connectivity index (χ1) is 18.4. The van der Waals surface area contributed by atoms with Crippen LogP contribution in [0, 0.1) is 5.92 Å². The zero-order chi connectivity index (χ0) is 28.2. The molecule has 2 N–H and O–H groups in total. The number of carbonyl (C=O) groups is 1.